The normalized spacial score (nSPS) is 9.50. The molecule has 0 saturated carbocycles. The van der Waals surface area contributed by atoms with Crippen molar-refractivity contribution in [2.45, 2.75) is 13.5 Å². The first-order valence-corrected chi connectivity index (χ1v) is 4.14. The van der Waals surface area contributed by atoms with Crippen LogP contribution in [0.2, 0.25) is 0 Å². The zero-order chi connectivity index (χ0) is 10.4. The van der Waals surface area contributed by atoms with Gasteiger partial charge in [0.1, 0.15) is 0 Å². The molecule has 2 amide bonds. The van der Waals surface area contributed by atoms with E-state index in [2.05, 4.69) is 27.4 Å². The van der Waals surface area contributed by atoms with E-state index in [1.807, 2.05) is 0 Å². The summed E-state index contributed by atoms with van der Waals surface area (Å²) in [7, 11) is 0. The SMILES string of the molecule is C=CCNC(=O)NCc1nc(C)no1. The molecular formula is C8H12N4O2. The molecule has 0 saturated heterocycles. The molecule has 0 aromatic carbocycles. The number of nitrogens with zero attached hydrogens (tertiary/aromatic N) is 2. The minimum absolute atomic E-state index is 0.226. The summed E-state index contributed by atoms with van der Waals surface area (Å²) in [5.41, 5.74) is 0. The Hall–Kier alpha value is -1.85. The van der Waals surface area contributed by atoms with Gasteiger partial charge in [-0.05, 0) is 6.92 Å². The molecule has 1 aromatic rings. The second-order valence-corrected chi connectivity index (χ2v) is 2.59. The summed E-state index contributed by atoms with van der Waals surface area (Å²) in [6.07, 6.45) is 1.59. The number of hydrogen-bond donors (Lipinski definition) is 2. The third-order valence-corrected chi connectivity index (χ3v) is 1.38. The minimum atomic E-state index is -0.291. The summed E-state index contributed by atoms with van der Waals surface area (Å²) in [4.78, 5) is 14.9. The molecule has 1 rings (SSSR count). The monoisotopic (exact) mass is 196 g/mol. The second kappa shape index (κ2) is 5.00. The van der Waals surface area contributed by atoms with Gasteiger partial charge >= 0.3 is 6.03 Å². The highest BCUT2D eigenvalue weighted by Gasteiger charge is 2.03. The number of urea groups is 1. The maximum absolute atomic E-state index is 11.0. The average Bonchev–Trinajstić information content (AvgIpc) is 2.58. The summed E-state index contributed by atoms with van der Waals surface area (Å²) in [5, 5.41) is 8.69. The lowest BCUT2D eigenvalue weighted by Gasteiger charge is -2.01. The largest absolute Gasteiger partial charge is 0.337 e. The van der Waals surface area contributed by atoms with Gasteiger partial charge in [-0.3, -0.25) is 0 Å². The van der Waals surface area contributed by atoms with Crippen LogP contribution in [0.3, 0.4) is 0 Å². The Kier molecular flexibility index (Phi) is 3.66. The topological polar surface area (TPSA) is 80.0 Å². The Bertz CT molecular complexity index is 321. The van der Waals surface area contributed by atoms with Gasteiger partial charge in [0.2, 0.25) is 5.89 Å². The van der Waals surface area contributed by atoms with Crippen molar-refractivity contribution >= 4 is 6.03 Å². The van der Waals surface area contributed by atoms with Gasteiger partial charge in [0.15, 0.2) is 5.82 Å². The number of carbonyl (C=O) groups is 1. The number of aryl methyl sites for hydroxylation is 1. The van der Waals surface area contributed by atoms with Crippen molar-refractivity contribution in [1.29, 1.82) is 0 Å². The highest BCUT2D eigenvalue weighted by molar-refractivity contribution is 5.73. The molecular weight excluding hydrogens is 184 g/mol. The van der Waals surface area contributed by atoms with E-state index in [0.29, 0.717) is 18.3 Å². The molecule has 0 unspecified atom stereocenters. The van der Waals surface area contributed by atoms with Crippen LogP contribution in [-0.4, -0.2) is 22.7 Å². The lowest BCUT2D eigenvalue weighted by Crippen LogP contribution is -2.35. The van der Waals surface area contributed by atoms with Crippen LogP contribution >= 0.6 is 0 Å². The number of carbonyl (C=O) groups excluding carboxylic acids is 1. The van der Waals surface area contributed by atoms with Gasteiger partial charge in [0.25, 0.3) is 0 Å². The lowest BCUT2D eigenvalue weighted by molar-refractivity contribution is 0.239. The Morgan fingerprint density at radius 2 is 2.43 bits per heavy atom. The number of hydrogen-bond acceptors (Lipinski definition) is 4. The number of rotatable bonds is 4. The Morgan fingerprint density at radius 3 is 3.00 bits per heavy atom. The molecule has 0 atom stereocenters. The molecule has 1 aromatic heterocycles. The fourth-order valence-electron chi connectivity index (χ4n) is 0.795. The zero-order valence-electron chi connectivity index (χ0n) is 7.91. The summed E-state index contributed by atoms with van der Waals surface area (Å²) in [6.45, 7) is 5.84. The van der Waals surface area contributed by atoms with E-state index in [4.69, 9.17) is 4.52 Å². The smallest absolute Gasteiger partial charge is 0.315 e. The molecule has 0 aliphatic heterocycles. The van der Waals surface area contributed by atoms with E-state index < -0.39 is 0 Å². The molecule has 76 valence electrons. The number of nitrogens with one attached hydrogen (secondary N) is 2. The fraction of sp³-hybridized carbons (Fsp3) is 0.375. The lowest BCUT2D eigenvalue weighted by atomic mass is 10.6. The van der Waals surface area contributed by atoms with Crippen molar-refractivity contribution in [3.05, 3.63) is 24.4 Å². The van der Waals surface area contributed by atoms with Crippen molar-refractivity contribution in [3.8, 4) is 0 Å². The van der Waals surface area contributed by atoms with Crippen LogP contribution in [0.1, 0.15) is 11.7 Å². The molecule has 0 bridgehead atoms. The summed E-state index contributed by atoms with van der Waals surface area (Å²) in [6, 6.07) is -0.291. The molecule has 2 N–H and O–H groups in total. The highest BCUT2D eigenvalue weighted by atomic mass is 16.5. The van der Waals surface area contributed by atoms with Crippen LogP contribution in [0.25, 0.3) is 0 Å². The van der Waals surface area contributed by atoms with E-state index in [1.54, 1.807) is 13.0 Å². The molecule has 6 heteroatoms. The Morgan fingerprint density at radius 1 is 1.64 bits per heavy atom. The molecule has 6 nitrogen and oxygen atoms in total. The standard InChI is InChI=1S/C8H12N4O2/c1-3-4-9-8(13)10-5-7-11-6(2)12-14-7/h3H,1,4-5H2,2H3,(H2,9,10,13). The minimum Gasteiger partial charge on any atom is -0.337 e. The van der Waals surface area contributed by atoms with Crippen molar-refractivity contribution in [2.24, 2.45) is 0 Å². The van der Waals surface area contributed by atoms with E-state index in [-0.39, 0.29) is 12.6 Å². The fourth-order valence-corrected chi connectivity index (χ4v) is 0.795. The first kappa shape index (κ1) is 10.2. The molecule has 0 aliphatic rings. The number of amides is 2. The van der Waals surface area contributed by atoms with Crippen molar-refractivity contribution < 1.29 is 9.32 Å². The van der Waals surface area contributed by atoms with Gasteiger partial charge < -0.3 is 15.2 Å². The van der Waals surface area contributed by atoms with Crippen molar-refractivity contribution in [2.75, 3.05) is 6.54 Å². The quantitative estimate of drug-likeness (QED) is 0.681. The van der Waals surface area contributed by atoms with Gasteiger partial charge in [-0.1, -0.05) is 11.2 Å². The molecule has 0 aliphatic carbocycles. The van der Waals surface area contributed by atoms with Gasteiger partial charge in [-0.25, -0.2) is 4.79 Å². The third kappa shape index (κ3) is 3.26. The molecule has 14 heavy (non-hydrogen) atoms. The number of aromatic nitrogens is 2. The van der Waals surface area contributed by atoms with Crippen LogP contribution in [0.5, 0.6) is 0 Å². The third-order valence-electron chi connectivity index (χ3n) is 1.38. The highest BCUT2D eigenvalue weighted by Crippen LogP contribution is 1.93. The second-order valence-electron chi connectivity index (χ2n) is 2.59. The van der Waals surface area contributed by atoms with Crippen LogP contribution < -0.4 is 10.6 Å². The van der Waals surface area contributed by atoms with Crippen LogP contribution in [0, 0.1) is 6.92 Å². The Balaban J connectivity index is 2.26. The first-order chi connectivity index (χ1) is 6.72. The predicted octanol–water partition coefficient (Wildman–Crippen LogP) is 0.363. The molecule has 1 heterocycles. The van der Waals surface area contributed by atoms with E-state index in [1.165, 1.54) is 0 Å². The van der Waals surface area contributed by atoms with Crippen molar-refractivity contribution in [3.63, 3.8) is 0 Å². The van der Waals surface area contributed by atoms with Crippen LogP contribution in [0.15, 0.2) is 17.2 Å². The molecule has 0 spiro atoms. The van der Waals surface area contributed by atoms with E-state index in [0.717, 1.165) is 0 Å². The van der Waals surface area contributed by atoms with Gasteiger partial charge in [0, 0.05) is 6.54 Å². The molecule has 0 radical (unpaired) electrons. The van der Waals surface area contributed by atoms with Gasteiger partial charge in [-0.15, -0.1) is 6.58 Å². The van der Waals surface area contributed by atoms with E-state index >= 15 is 0 Å². The summed E-state index contributed by atoms with van der Waals surface area (Å²) < 4.78 is 4.80. The molecule has 0 fully saturated rings. The maximum atomic E-state index is 11.0. The maximum Gasteiger partial charge on any atom is 0.315 e. The van der Waals surface area contributed by atoms with Crippen LogP contribution in [0.4, 0.5) is 4.79 Å². The zero-order valence-corrected chi connectivity index (χ0v) is 7.91. The van der Waals surface area contributed by atoms with Crippen molar-refractivity contribution in [1.82, 2.24) is 20.8 Å². The van der Waals surface area contributed by atoms with Gasteiger partial charge in [-0.2, -0.15) is 4.98 Å². The summed E-state index contributed by atoms with van der Waals surface area (Å²) in [5.74, 6) is 0.935. The first-order valence-electron chi connectivity index (χ1n) is 4.14. The van der Waals surface area contributed by atoms with E-state index in [9.17, 15) is 4.79 Å². The predicted molar refractivity (Wildman–Crippen MR) is 49.5 cm³/mol. The average molecular weight is 196 g/mol. The van der Waals surface area contributed by atoms with Gasteiger partial charge in [0.05, 0.1) is 6.54 Å². The summed E-state index contributed by atoms with van der Waals surface area (Å²) >= 11 is 0. The van der Waals surface area contributed by atoms with Crippen LogP contribution in [-0.2, 0) is 6.54 Å². The Labute approximate surface area is 81.4 Å².